The van der Waals surface area contributed by atoms with E-state index in [-0.39, 0.29) is 11.9 Å². The Hall–Kier alpha value is -3.02. The highest BCUT2D eigenvalue weighted by Gasteiger charge is 2.21. The first kappa shape index (κ1) is 16.4. The molecule has 132 valence electrons. The Kier molecular flexibility index (Phi) is 4.73. The van der Waals surface area contributed by atoms with Crippen LogP contribution in [0.15, 0.2) is 53.3 Å². The summed E-state index contributed by atoms with van der Waals surface area (Å²) in [4.78, 5) is 20.7. The number of pyridine rings is 1. The van der Waals surface area contributed by atoms with Gasteiger partial charge in [-0.15, -0.1) is 0 Å². The molecule has 0 radical (unpaired) electrons. The molecule has 26 heavy (non-hydrogen) atoms. The lowest BCUT2D eigenvalue weighted by Gasteiger charge is -2.26. The molecule has 0 spiro atoms. The van der Waals surface area contributed by atoms with Crippen molar-refractivity contribution in [2.75, 3.05) is 0 Å². The SMILES string of the molecule is O=C(CCc1nc(-c2ccncc2)no1)N[C@H]1CCCc2ccccc21. The van der Waals surface area contributed by atoms with Gasteiger partial charge in [0.25, 0.3) is 0 Å². The maximum absolute atomic E-state index is 12.4. The van der Waals surface area contributed by atoms with Crippen molar-refractivity contribution in [2.24, 2.45) is 0 Å². The number of hydrogen-bond donors (Lipinski definition) is 1. The topological polar surface area (TPSA) is 80.9 Å². The van der Waals surface area contributed by atoms with Gasteiger partial charge in [-0.3, -0.25) is 9.78 Å². The third kappa shape index (κ3) is 3.64. The number of amides is 1. The number of hydrogen-bond acceptors (Lipinski definition) is 5. The van der Waals surface area contributed by atoms with Crippen LogP contribution in [0.25, 0.3) is 11.4 Å². The summed E-state index contributed by atoms with van der Waals surface area (Å²) in [6, 6.07) is 12.1. The van der Waals surface area contributed by atoms with Crippen molar-refractivity contribution in [1.29, 1.82) is 0 Å². The third-order valence-corrected chi connectivity index (χ3v) is 4.68. The first-order chi connectivity index (χ1) is 12.8. The van der Waals surface area contributed by atoms with E-state index in [0.29, 0.717) is 24.6 Å². The molecule has 0 saturated heterocycles. The summed E-state index contributed by atoms with van der Waals surface area (Å²) in [5.74, 6) is 0.996. The number of aromatic nitrogens is 3. The molecule has 2 aromatic heterocycles. The molecule has 4 rings (SSSR count). The molecule has 0 unspecified atom stereocenters. The Labute approximate surface area is 151 Å². The van der Waals surface area contributed by atoms with E-state index in [4.69, 9.17) is 4.52 Å². The number of carbonyl (C=O) groups excluding carboxylic acids is 1. The van der Waals surface area contributed by atoms with Crippen LogP contribution in [-0.4, -0.2) is 21.0 Å². The standard InChI is InChI=1S/C20H20N4O2/c25-18(22-17-7-3-5-14-4-1-2-6-16(14)17)8-9-19-23-20(24-26-19)15-10-12-21-13-11-15/h1-2,4,6,10-13,17H,3,5,7-9H2,(H,22,25)/t17-/m0/s1. The minimum absolute atomic E-state index is 0.00960. The van der Waals surface area contributed by atoms with Gasteiger partial charge < -0.3 is 9.84 Å². The summed E-state index contributed by atoms with van der Waals surface area (Å²) in [5.41, 5.74) is 3.42. The average molecular weight is 348 g/mol. The van der Waals surface area contributed by atoms with Crippen LogP contribution >= 0.6 is 0 Å². The van der Waals surface area contributed by atoms with Crippen LogP contribution in [0.1, 0.15) is 42.3 Å². The highest BCUT2D eigenvalue weighted by Crippen LogP contribution is 2.29. The second kappa shape index (κ2) is 7.47. The van der Waals surface area contributed by atoms with Crippen LogP contribution in [0.4, 0.5) is 0 Å². The van der Waals surface area contributed by atoms with Gasteiger partial charge in [-0.1, -0.05) is 29.4 Å². The largest absolute Gasteiger partial charge is 0.349 e. The average Bonchev–Trinajstić information content (AvgIpc) is 3.17. The normalized spacial score (nSPS) is 16.1. The Morgan fingerprint density at radius 2 is 2.04 bits per heavy atom. The summed E-state index contributed by atoms with van der Waals surface area (Å²) in [6.45, 7) is 0. The zero-order chi connectivity index (χ0) is 17.8. The lowest BCUT2D eigenvalue weighted by Crippen LogP contribution is -2.31. The van der Waals surface area contributed by atoms with E-state index in [1.54, 1.807) is 12.4 Å². The van der Waals surface area contributed by atoms with Crippen LogP contribution in [-0.2, 0) is 17.6 Å². The quantitative estimate of drug-likeness (QED) is 0.765. The number of aryl methyl sites for hydroxylation is 2. The number of fused-ring (bicyclic) bond motifs is 1. The fourth-order valence-corrected chi connectivity index (χ4v) is 3.37. The Balaban J connectivity index is 1.35. The molecule has 1 N–H and O–H groups in total. The summed E-state index contributed by atoms with van der Waals surface area (Å²) in [5, 5.41) is 7.11. The number of carbonyl (C=O) groups is 1. The number of nitrogens with zero attached hydrogens (tertiary/aromatic N) is 3. The Morgan fingerprint density at radius 3 is 2.92 bits per heavy atom. The van der Waals surface area contributed by atoms with E-state index in [9.17, 15) is 4.79 Å². The van der Waals surface area contributed by atoms with Gasteiger partial charge in [0.1, 0.15) is 0 Å². The molecular formula is C20H20N4O2. The van der Waals surface area contributed by atoms with Crippen molar-refractivity contribution in [2.45, 2.75) is 38.1 Å². The van der Waals surface area contributed by atoms with E-state index in [2.05, 4.69) is 38.6 Å². The van der Waals surface area contributed by atoms with Gasteiger partial charge in [0.05, 0.1) is 6.04 Å². The lowest BCUT2D eigenvalue weighted by atomic mass is 9.87. The Bertz CT molecular complexity index is 892. The molecule has 0 fully saturated rings. The first-order valence-electron chi connectivity index (χ1n) is 8.90. The highest BCUT2D eigenvalue weighted by molar-refractivity contribution is 5.76. The van der Waals surface area contributed by atoms with Gasteiger partial charge >= 0.3 is 0 Å². The third-order valence-electron chi connectivity index (χ3n) is 4.68. The fourth-order valence-electron chi connectivity index (χ4n) is 3.37. The van der Waals surface area contributed by atoms with Crippen molar-refractivity contribution in [3.05, 3.63) is 65.8 Å². The van der Waals surface area contributed by atoms with Crippen LogP contribution in [0, 0.1) is 0 Å². The van der Waals surface area contributed by atoms with Crippen molar-refractivity contribution >= 4 is 5.91 Å². The van der Waals surface area contributed by atoms with Gasteiger partial charge in [0.15, 0.2) is 0 Å². The van der Waals surface area contributed by atoms with Crippen LogP contribution in [0.3, 0.4) is 0 Å². The monoisotopic (exact) mass is 348 g/mol. The van der Waals surface area contributed by atoms with Gasteiger partial charge in [-0.05, 0) is 42.5 Å². The van der Waals surface area contributed by atoms with Crippen molar-refractivity contribution in [3.8, 4) is 11.4 Å². The van der Waals surface area contributed by atoms with Crippen molar-refractivity contribution in [3.63, 3.8) is 0 Å². The van der Waals surface area contributed by atoms with Crippen LogP contribution in [0.2, 0.25) is 0 Å². The molecular weight excluding hydrogens is 328 g/mol. The molecule has 6 heteroatoms. The molecule has 0 bridgehead atoms. The lowest BCUT2D eigenvalue weighted by molar-refractivity contribution is -0.122. The molecule has 0 saturated carbocycles. The predicted octanol–water partition coefficient (Wildman–Crippen LogP) is 3.26. The van der Waals surface area contributed by atoms with E-state index in [1.165, 1.54) is 11.1 Å². The number of nitrogens with one attached hydrogen (secondary N) is 1. The van der Waals surface area contributed by atoms with Gasteiger partial charge in [-0.2, -0.15) is 4.98 Å². The fraction of sp³-hybridized carbons (Fsp3) is 0.300. The van der Waals surface area contributed by atoms with E-state index < -0.39 is 0 Å². The predicted molar refractivity (Wildman–Crippen MR) is 96.1 cm³/mol. The molecule has 1 amide bonds. The summed E-state index contributed by atoms with van der Waals surface area (Å²) < 4.78 is 5.25. The summed E-state index contributed by atoms with van der Waals surface area (Å²) >= 11 is 0. The van der Waals surface area contributed by atoms with Gasteiger partial charge in [0.2, 0.25) is 17.6 Å². The van der Waals surface area contributed by atoms with Crippen molar-refractivity contribution in [1.82, 2.24) is 20.4 Å². The molecule has 1 aromatic carbocycles. The molecule has 3 aromatic rings. The maximum Gasteiger partial charge on any atom is 0.227 e. The van der Waals surface area contributed by atoms with Crippen molar-refractivity contribution < 1.29 is 9.32 Å². The van der Waals surface area contributed by atoms with Gasteiger partial charge in [0, 0.05) is 30.8 Å². The summed E-state index contributed by atoms with van der Waals surface area (Å²) in [6.07, 6.45) is 7.29. The Morgan fingerprint density at radius 1 is 1.19 bits per heavy atom. The molecule has 1 aliphatic rings. The van der Waals surface area contributed by atoms with E-state index >= 15 is 0 Å². The van der Waals surface area contributed by atoms with Gasteiger partial charge in [-0.25, -0.2) is 0 Å². The minimum atomic E-state index is 0.00960. The molecule has 1 atom stereocenters. The molecule has 2 heterocycles. The summed E-state index contributed by atoms with van der Waals surface area (Å²) in [7, 11) is 0. The smallest absolute Gasteiger partial charge is 0.227 e. The highest BCUT2D eigenvalue weighted by atomic mass is 16.5. The van der Waals surface area contributed by atoms with E-state index in [0.717, 1.165) is 24.8 Å². The number of benzene rings is 1. The molecule has 6 nitrogen and oxygen atoms in total. The number of rotatable bonds is 5. The van der Waals surface area contributed by atoms with E-state index in [1.807, 2.05) is 18.2 Å². The van der Waals surface area contributed by atoms with Crippen LogP contribution < -0.4 is 5.32 Å². The molecule has 1 aliphatic carbocycles. The second-order valence-corrected chi connectivity index (χ2v) is 6.46. The minimum Gasteiger partial charge on any atom is -0.349 e. The maximum atomic E-state index is 12.4. The second-order valence-electron chi connectivity index (χ2n) is 6.46. The zero-order valence-electron chi connectivity index (χ0n) is 14.4. The zero-order valence-corrected chi connectivity index (χ0v) is 14.4. The first-order valence-corrected chi connectivity index (χ1v) is 8.90. The van der Waals surface area contributed by atoms with Crippen LogP contribution in [0.5, 0.6) is 0 Å². The molecule has 0 aliphatic heterocycles.